The lowest BCUT2D eigenvalue weighted by atomic mass is 9.74. The van der Waals surface area contributed by atoms with Crippen molar-refractivity contribution in [1.82, 2.24) is 0 Å². The first-order chi connectivity index (χ1) is 8.67. The molecule has 2 aromatic rings. The van der Waals surface area contributed by atoms with Crippen LogP contribution in [0.2, 0.25) is 0 Å². The average molecular weight is 237 g/mol. The Morgan fingerprint density at radius 3 is 2.33 bits per heavy atom. The van der Waals surface area contributed by atoms with Crippen molar-refractivity contribution in [2.45, 2.75) is 31.7 Å². The molecular formula is C17H19N. The molecule has 1 heteroatoms. The molecule has 2 aromatic carbocycles. The van der Waals surface area contributed by atoms with E-state index >= 15 is 0 Å². The van der Waals surface area contributed by atoms with E-state index in [0.29, 0.717) is 0 Å². The van der Waals surface area contributed by atoms with Gasteiger partial charge in [0.1, 0.15) is 0 Å². The Hall–Kier alpha value is -1.60. The van der Waals surface area contributed by atoms with E-state index in [2.05, 4.69) is 55.5 Å². The van der Waals surface area contributed by atoms with Gasteiger partial charge < -0.3 is 5.73 Å². The number of nitrogens with two attached hydrogens (primary N) is 1. The minimum atomic E-state index is -0.192. The van der Waals surface area contributed by atoms with Gasteiger partial charge in [0.2, 0.25) is 0 Å². The van der Waals surface area contributed by atoms with E-state index in [9.17, 15) is 0 Å². The van der Waals surface area contributed by atoms with Crippen LogP contribution in [0, 0.1) is 6.92 Å². The predicted molar refractivity (Wildman–Crippen MR) is 75.5 cm³/mol. The maximum absolute atomic E-state index is 6.65. The summed E-state index contributed by atoms with van der Waals surface area (Å²) in [5, 5.41) is 0. The van der Waals surface area contributed by atoms with Crippen LogP contribution in [0.4, 0.5) is 0 Å². The van der Waals surface area contributed by atoms with Crippen LogP contribution in [0.1, 0.15) is 28.7 Å². The van der Waals surface area contributed by atoms with E-state index in [1.807, 2.05) is 0 Å². The predicted octanol–water partition coefficient (Wildman–Crippen LogP) is 3.34. The molecule has 0 radical (unpaired) electrons. The molecule has 1 aliphatic carbocycles. The van der Waals surface area contributed by atoms with Gasteiger partial charge in [-0.15, -0.1) is 0 Å². The fourth-order valence-corrected chi connectivity index (χ4v) is 2.89. The van der Waals surface area contributed by atoms with Gasteiger partial charge in [-0.3, -0.25) is 0 Å². The normalized spacial score (nSPS) is 22.6. The second kappa shape index (κ2) is 4.25. The summed E-state index contributed by atoms with van der Waals surface area (Å²) in [7, 11) is 0. The number of hydrogen-bond donors (Lipinski definition) is 1. The summed E-state index contributed by atoms with van der Waals surface area (Å²) < 4.78 is 0. The molecule has 3 rings (SSSR count). The Labute approximate surface area is 109 Å². The van der Waals surface area contributed by atoms with Gasteiger partial charge in [-0.05, 0) is 42.9 Å². The highest BCUT2D eigenvalue weighted by atomic mass is 14.7. The van der Waals surface area contributed by atoms with Crippen molar-refractivity contribution in [3.63, 3.8) is 0 Å². The summed E-state index contributed by atoms with van der Waals surface area (Å²) >= 11 is 0. The van der Waals surface area contributed by atoms with Crippen LogP contribution >= 0.6 is 0 Å². The van der Waals surface area contributed by atoms with Crippen molar-refractivity contribution in [3.05, 3.63) is 70.8 Å². The van der Waals surface area contributed by atoms with Crippen LogP contribution in [0.25, 0.3) is 0 Å². The van der Waals surface area contributed by atoms with Crippen molar-refractivity contribution in [1.29, 1.82) is 0 Å². The van der Waals surface area contributed by atoms with Crippen LogP contribution in [-0.2, 0) is 18.4 Å². The van der Waals surface area contributed by atoms with Gasteiger partial charge in [-0.1, -0.05) is 54.1 Å². The first-order valence-corrected chi connectivity index (χ1v) is 6.60. The molecule has 0 spiro atoms. The molecule has 1 aliphatic rings. The standard InChI is InChI=1S/C17H19N/c1-13-6-8-16(9-7-13)17(18)11-10-14-4-2-3-5-15(14)12-17/h2-9H,10-12,18H2,1H3. The minimum absolute atomic E-state index is 0.192. The number of fused-ring (bicyclic) bond motifs is 1. The molecule has 0 aliphatic heterocycles. The van der Waals surface area contributed by atoms with Gasteiger partial charge in [-0.25, -0.2) is 0 Å². The molecule has 0 saturated heterocycles. The third kappa shape index (κ3) is 1.95. The zero-order valence-corrected chi connectivity index (χ0v) is 10.8. The second-order valence-corrected chi connectivity index (χ2v) is 5.47. The molecule has 1 unspecified atom stereocenters. The fourth-order valence-electron chi connectivity index (χ4n) is 2.89. The average Bonchev–Trinajstić information content (AvgIpc) is 2.39. The molecule has 0 bridgehead atoms. The Balaban J connectivity index is 1.96. The summed E-state index contributed by atoms with van der Waals surface area (Å²) in [6.07, 6.45) is 3.07. The smallest absolute Gasteiger partial charge is 0.0453 e. The largest absolute Gasteiger partial charge is 0.321 e. The van der Waals surface area contributed by atoms with Crippen molar-refractivity contribution in [3.8, 4) is 0 Å². The third-order valence-electron chi connectivity index (χ3n) is 4.09. The van der Waals surface area contributed by atoms with Gasteiger partial charge in [0.05, 0.1) is 0 Å². The molecule has 0 fully saturated rings. The van der Waals surface area contributed by atoms with Crippen LogP contribution in [-0.4, -0.2) is 0 Å². The van der Waals surface area contributed by atoms with Crippen LogP contribution < -0.4 is 5.73 Å². The number of benzene rings is 2. The highest BCUT2D eigenvalue weighted by Crippen LogP contribution is 2.34. The molecule has 1 atom stereocenters. The summed E-state index contributed by atoms with van der Waals surface area (Å²) in [5.74, 6) is 0. The number of hydrogen-bond acceptors (Lipinski definition) is 1. The first-order valence-electron chi connectivity index (χ1n) is 6.60. The van der Waals surface area contributed by atoms with E-state index < -0.39 is 0 Å². The number of rotatable bonds is 1. The maximum Gasteiger partial charge on any atom is 0.0453 e. The van der Waals surface area contributed by atoms with Gasteiger partial charge in [0.15, 0.2) is 0 Å². The molecule has 0 saturated carbocycles. The van der Waals surface area contributed by atoms with Crippen molar-refractivity contribution >= 4 is 0 Å². The fraction of sp³-hybridized carbons (Fsp3) is 0.294. The summed E-state index contributed by atoms with van der Waals surface area (Å²) in [4.78, 5) is 0. The Morgan fingerprint density at radius 1 is 0.944 bits per heavy atom. The molecular weight excluding hydrogens is 218 g/mol. The molecule has 0 amide bonds. The Kier molecular flexibility index (Phi) is 2.71. The monoisotopic (exact) mass is 237 g/mol. The SMILES string of the molecule is Cc1ccc(C2(N)CCc3ccccc3C2)cc1. The van der Waals surface area contributed by atoms with Crippen LogP contribution in [0.3, 0.4) is 0 Å². The molecule has 18 heavy (non-hydrogen) atoms. The summed E-state index contributed by atoms with van der Waals surface area (Å²) in [6, 6.07) is 17.4. The van der Waals surface area contributed by atoms with Gasteiger partial charge in [0, 0.05) is 5.54 Å². The van der Waals surface area contributed by atoms with Crippen LogP contribution in [0.15, 0.2) is 48.5 Å². The first kappa shape index (κ1) is 11.5. The maximum atomic E-state index is 6.65. The zero-order valence-electron chi connectivity index (χ0n) is 10.8. The van der Waals surface area contributed by atoms with E-state index in [1.165, 1.54) is 22.3 Å². The van der Waals surface area contributed by atoms with Gasteiger partial charge in [0.25, 0.3) is 0 Å². The molecule has 92 valence electrons. The van der Waals surface area contributed by atoms with Crippen molar-refractivity contribution < 1.29 is 0 Å². The second-order valence-electron chi connectivity index (χ2n) is 5.47. The van der Waals surface area contributed by atoms with E-state index in [0.717, 1.165) is 19.3 Å². The minimum Gasteiger partial charge on any atom is -0.321 e. The Morgan fingerprint density at radius 2 is 1.61 bits per heavy atom. The molecule has 0 heterocycles. The van der Waals surface area contributed by atoms with E-state index in [-0.39, 0.29) is 5.54 Å². The lowest BCUT2D eigenvalue weighted by Gasteiger charge is -2.35. The van der Waals surface area contributed by atoms with Gasteiger partial charge >= 0.3 is 0 Å². The van der Waals surface area contributed by atoms with Crippen LogP contribution in [0.5, 0.6) is 0 Å². The topological polar surface area (TPSA) is 26.0 Å². The highest BCUT2D eigenvalue weighted by Gasteiger charge is 2.31. The Bertz CT molecular complexity index is 556. The quantitative estimate of drug-likeness (QED) is 0.809. The lowest BCUT2D eigenvalue weighted by Crippen LogP contribution is -2.42. The summed E-state index contributed by atoms with van der Waals surface area (Å²) in [5.41, 5.74) is 11.9. The lowest BCUT2D eigenvalue weighted by molar-refractivity contribution is 0.385. The third-order valence-corrected chi connectivity index (χ3v) is 4.09. The van der Waals surface area contributed by atoms with E-state index in [4.69, 9.17) is 5.73 Å². The van der Waals surface area contributed by atoms with Gasteiger partial charge in [-0.2, -0.15) is 0 Å². The number of aryl methyl sites for hydroxylation is 2. The molecule has 0 aromatic heterocycles. The van der Waals surface area contributed by atoms with Crippen molar-refractivity contribution in [2.24, 2.45) is 5.73 Å². The molecule has 1 nitrogen and oxygen atoms in total. The zero-order chi connectivity index (χ0) is 12.6. The summed E-state index contributed by atoms with van der Waals surface area (Å²) in [6.45, 7) is 2.11. The van der Waals surface area contributed by atoms with E-state index in [1.54, 1.807) is 0 Å². The highest BCUT2D eigenvalue weighted by molar-refractivity contribution is 5.37. The molecule has 2 N–H and O–H groups in total. The van der Waals surface area contributed by atoms with Crippen molar-refractivity contribution in [2.75, 3.05) is 0 Å².